The van der Waals surface area contributed by atoms with Gasteiger partial charge in [-0.15, -0.1) is 0 Å². The van der Waals surface area contributed by atoms with Crippen LogP contribution in [0.3, 0.4) is 0 Å². The molecule has 1 aliphatic heterocycles. The van der Waals surface area contributed by atoms with E-state index in [-0.39, 0.29) is 30.2 Å². The quantitative estimate of drug-likeness (QED) is 0.797. The molecule has 0 aromatic heterocycles. The highest BCUT2D eigenvalue weighted by Crippen LogP contribution is 2.22. The number of hydrogen-bond donors (Lipinski definition) is 0. The molecule has 1 saturated heterocycles. The topological polar surface area (TPSA) is 54.5 Å². The predicted octanol–water partition coefficient (Wildman–Crippen LogP) is 1.10. The summed E-state index contributed by atoms with van der Waals surface area (Å²) in [7, 11) is -3.67. The molecular formula is C11H12FNO3S. The summed E-state index contributed by atoms with van der Waals surface area (Å²) in [4.78, 5) is 11.2. The van der Waals surface area contributed by atoms with Crippen LogP contribution >= 0.6 is 0 Å². The predicted molar refractivity (Wildman–Crippen MR) is 59.5 cm³/mol. The fourth-order valence-electron chi connectivity index (χ4n) is 1.85. The van der Waals surface area contributed by atoms with Crippen molar-refractivity contribution in [2.24, 2.45) is 0 Å². The van der Waals surface area contributed by atoms with Gasteiger partial charge < -0.3 is 0 Å². The lowest BCUT2D eigenvalue weighted by Gasteiger charge is -2.16. The van der Waals surface area contributed by atoms with Crippen molar-refractivity contribution >= 4 is 15.8 Å². The Bertz CT molecular complexity index is 568. The average Bonchev–Trinajstić information content (AvgIpc) is 2.64. The highest BCUT2D eigenvalue weighted by atomic mass is 32.2. The molecule has 0 unspecified atom stereocenters. The number of ketones is 1. The van der Waals surface area contributed by atoms with E-state index < -0.39 is 15.8 Å². The minimum absolute atomic E-state index is 0.0635. The van der Waals surface area contributed by atoms with Crippen molar-refractivity contribution < 1.29 is 17.6 Å². The molecule has 0 spiro atoms. The Morgan fingerprint density at radius 3 is 2.59 bits per heavy atom. The smallest absolute Gasteiger partial charge is 0.243 e. The maximum absolute atomic E-state index is 12.9. The molecule has 0 saturated carbocycles. The van der Waals surface area contributed by atoms with Crippen molar-refractivity contribution in [2.75, 3.05) is 13.1 Å². The van der Waals surface area contributed by atoms with Gasteiger partial charge in [0.05, 0.1) is 11.4 Å². The van der Waals surface area contributed by atoms with Gasteiger partial charge in [-0.2, -0.15) is 4.31 Å². The van der Waals surface area contributed by atoms with Crippen molar-refractivity contribution in [2.45, 2.75) is 18.2 Å². The number of carbonyl (C=O) groups excluding carboxylic acids is 1. The Hall–Kier alpha value is -1.27. The van der Waals surface area contributed by atoms with Crippen LogP contribution < -0.4 is 0 Å². The molecule has 0 aliphatic carbocycles. The van der Waals surface area contributed by atoms with Crippen LogP contribution in [0.5, 0.6) is 0 Å². The number of aryl methyl sites for hydroxylation is 1. The van der Waals surface area contributed by atoms with Crippen LogP contribution in [-0.2, 0) is 14.8 Å². The molecule has 1 fully saturated rings. The summed E-state index contributed by atoms with van der Waals surface area (Å²) in [6, 6.07) is 3.52. The van der Waals surface area contributed by atoms with E-state index in [9.17, 15) is 17.6 Å². The molecule has 17 heavy (non-hydrogen) atoms. The molecular weight excluding hydrogens is 245 g/mol. The number of nitrogens with zero attached hydrogens (tertiary/aromatic N) is 1. The lowest BCUT2D eigenvalue weighted by molar-refractivity contribution is -0.116. The van der Waals surface area contributed by atoms with Gasteiger partial charge >= 0.3 is 0 Å². The number of Topliss-reactive ketones (excluding diaryl/α,β-unsaturated/α-hetero) is 1. The number of benzene rings is 1. The standard InChI is InChI=1S/C11H12FNO3S/c1-8-6-9(12)2-3-11(8)17(15,16)13-5-4-10(14)7-13/h2-3,6H,4-5,7H2,1H3. The zero-order valence-corrected chi connectivity index (χ0v) is 10.1. The maximum atomic E-state index is 12.9. The Morgan fingerprint density at radius 2 is 2.06 bits per heavy atom. The van der Waals surface area contributed by atoms with E-state index in [1.807, 2.05) is 0 Å². The first-order valence-electron chi connectivity index (χ1n) is 5.19. The summed E-state index contributed by atoms with van der Waals surface area (Å²) in [6.45, 7) is 1.66. The van der Waals surface area contributed by atoms with E-state index in [1.54, 1.807) is 0 Å². The van der Waals surface area contributed by atoms with Gasteiger partial charge in [0.1, 0.15) is 11.6 Å². The van der Waals surface area contributed by atoms with Gasteiger partial charge in [0.15, 0.2) is 0 Å². The number of halogens is 1. The average molecular weight is 257 g/mol. The molecule has 1 aliphatic rings. The minimum atomic E-state index is -3.67. The molecule has 2 rings (SSSR count). The Balaban J connectivity index is 2.41. The third-order valence-corrected chi connectivity index (χ3v) is 4.75. The molecule has 0 atom stereocenters. The summed E-state index contributed by atoms with van der Waals surface area (Å²) in [5.41, 5.74) is 0.351. The zero-order valence-electron chi connectivity index (χ0n) is 9.31. The van der Waals surface area contributed by atoms with Crippen LogP contribution in [0, 0.1) is 12.7 Å². The van der Waals surface area contributed by atoms with Crippen molar-refractivity contribution in [1.29, 1.82) is 0 Å². The van der Waals surface area contributed by atoms with Crippen LogP contribution in [0.25, 0.3) is 0 Å². The first kappa shape index (κ1) is 12.2. The first-order chi connectivity index (χ1) is 7.91. The lowest BCUT2D eigenvalue weighted by Crippen LogP contribution is -2.29. The van der Waals surface area contributed by atoms with Crippen LogP contribution in [0.15, 0.2) is 23.1 Å². The van der Waals surface area contributed by atoms with E-state index >= 15 is 0 Å². The molecule has 0 radical (unpaired) electrons. The molecule has 0 amide bonds. The Morgan fingerprint density at radius 1 is 1.35 bits per heavy atom. The van der Waals surface area contributed by atoms with E-state index in [0.717, 1.165) is 10.4 Å². The van der Waals surface area contributed by atoms with Crippen molar-refractivity contribution in [3.63, 3.8) is 0 Å². The van der Waals surface area contributed by atoms with Crippen LogP contribution in [0.4, 0.5) is 4.39 Å². The number of rotatable bonds is 2. The molecule has 4 nitrogen and oxygen atoms in total. The van der Waals surface area contributed by atoms with Crippen molar-refractivity contribution in [3.8, 4) is 0 Å². The summed E-state index contributed by atoms with van der Waals surface area (Å²) < 4.78 is 38.4. The van der Waals surface area contributed by atoms with Crippen LogP contribution in [0.2, 0.25) is 0 Å². The Kier molecular flexibility index (Phi) is 3.01. The van der Waals surface area contributed by atoms with Gasteiger partial charge in [0.25, 0.3) is 0 Å². The van der Waals surface area contributed by atoms with Gasteiger partial charge in [-0.3, -0.25) is 4.79 Å². The van der Waals surface area contributed by atoms with Gasteiger partial charge in [-0.1, -0.05) is 0 Å². The molecule has 1 aromatic carbocycles. The third-order valence-electron chi connectivity index (χ3n) is 2.75. The molecule has 0 bridgehead atoms. The largest absolute Gasteiger partial charge is 0.298 e. The molecule has 6 heteroatoms. The maximum Gasteiger partial charge on any atom is 0.243 e. The number of hydrogen-bond acceptors (Lipinski definition) is 3. The highest BCUT2D eigenvalue weighted by Gasteiger charge is 2.32. The number of carbonyl (C=O) groups is 1. The fraction of sp³-hybridized carbons (Fsp3) is 0.364. The van der Waals surface area contributed by atoms with Gasteiger partial charge in [0.2, 0.25) is 10.0 Å². The molecule has 1 aromatic rings. The van der Waals surface area contributed by atoms with E-state index in [1.165, 1.54) is 19.1 Å². The SMILES string of the molecule is Cc1cc(F)ccc1S(=O)(=O)N1CCC(=O)C1. The van der Waals surface area contributed by atoms with Crippen molar-refractivity contribution in [1.82, 2.24) is 4.31 Å². The van der Waals surface area contributed by atoms with Crippen LogP contribution in [0.1, 0.15) is 12.0 Å². The van der Waals surface area contributed by atoms with Gasteiger partial charge in [-0.25, -0.2) is 12.8 Å². The van der Waals surface area contributed by atoms with Gasteiger partial charge in [-0.05, 0) is 30.7 Å². The van der Waals surface area contributed by atoms with E-state index in [4.69, 9.17) is 0 Å². The summed E-state index contributed by atoms with van der Waals surface area (Å²) in [6.07, 6.45) is 0.249. The summed E-state index contributed by atoms with van der Waals surface area (Å²) in [5, 5.41) is 0. The normalized spacial score (nSPS) is 17.6. The van der Waals surface area contributed by atoms with E-state index in [2.05, 4.69) is 0 Å². The monoisotopic (exact) mass is 257 g/mol. The highest BCUT2D eigenvalue weighted by molar-refractivity contribution is 7.89. The van der Waals surface area contributed by atoms with Gasteiger partial charge in [0, 0.05) is 13.0 Å². The molecule has 1 heterocycles. The zero-order chi connectivity index (χ0) is 12.6. The third kappa shape index (κ3) is 2.23. The van der Waals surface area contributed by atoms with Crippen molar-refractivity contribution in [3.05, 3.63) is 29.6 Å². The fourth-order valence-corrected chi connectivity index (χ4v) is 3.48. The molecule has 92 valence electrons. The Labute approximate surface area is 99.1 Å². The van der Waals surface area contributed by atoms with Crippen LogP contribution in [-0.4, -0.2) is 31.6 Å². The summed E-state index contributed by atoms with van der Waals surface area (Å²) >= 11 is 0. The first-order valence-corrected chi connectivity index (χ1v) is 6.63. The number of sulfonamides is 1. The second-order valence-corrected chi connectivity index (χ2v) is 5.94. The van der Waals surface area contributed by atoms with E-state index in [0.29, 0.717) is 5.56 Å². The lowest BCUT2D eigenvalue weighted by atomic mass is 10.2. The summed E-state index contributed by atoms with van der Waals surface area (Å²) in [5.74, 6) is -0.563. The minimum Gasteiger partial charge on any atom is -0.298 e. The second kappa shape index (κ2) is 4.19. The second-order valence-electron chi connectivity index (χ2n) is 4.04. The molecule has 0 N–H and O–H groups in total.